The molecule has 104 valence electrons. The van der Waals surface area contributed by atoms with Crippen LogP contribution in [-0.2, 0) is 11.2 Å². The normalized spacial score (nSPS) is 13.7. The Balaban J connectivity index is 1.72. The van der Waals surface area contributed by atoms with Crippen LogP contribution in [0.5, 0.6) is 0 Å². The zero-order valence-corrected chi connectivity index (χ0v) is 13.1. The molecule has 2 N–H and O–H groups in total. The minimum absolute atomic E-state index is 0.196. The maximum Gasteiger partial charge on any atom is 0.198 e. The van der Waals surface area contributed by atoms with E-state index in [1.165, 1.54) is 18.1 Å². The minimum Gasteiger partial charge on any atom is -0.340 e. The lowest BCUT2D eigenvalue weighted by molar-refractivity contribution is -0.110. The molecule has 0 unspecified atom stereocenters. The van der Waals surface area contributed by atoms with E-state index in [0.717, 1.165) is 37.6 Å². The highest BCUT2D eigenvalue weighted by Crippen LogP contribution is 2.35. The summed E-state index contributed by atoms with van der Waals surface area (Å²) < 4.78 is 0.858. The van der Waals surface area contributed by atoms with E-state index in [9.17, 15) is 4.79 Å². The van der Waals surface area contributed by atoms with Gasteiger partial charge in [-0.25, -0.2) is 9.97 Å². The summed E-state index contributed by atoms with van der Waals surface area (Å²) in [6, 6.07) is 7.87. The molecule has 1 aliphatic heterocycles. The lowest BCUT2D eigenvalue weighted by Crippen LogP contribution is -1.95. The largest absolute Gasteiger partial charge is 0.340 e. The number of nitrogens with zero attached hydrogens (tertiary/aromatic N) is 2. The zero-order chi connectivity index (χ0) is 14.4. The number of carbonyl (C=O) groups excluding carboxylic acids is 1. The predicted molar refractivity (Wildman–Crippen MR) is 85.9 cm³/mol. The number of nitrogens with one attached hydrogen (secondary N) is 2. The summed E-state index contributed by atoms with van der Waals surface area (Å²) in [5.41, 5.74) is 2.77. The number of aromatic nitrogens is 3. The number of hydrogen-bond donors (Lipinski definition) is 2. The number of carbonyl (C=O) groups is 1. The van der Waals surface area contributed by atoms with Gasteiger partial charge < -0.3 is 10.3 Å². The lowest BCUT2D eigenvalue weighted by atomic mass is 10.1. The molecular formula is C14H9BrN4OS. The Morgan fingerprint density at radius 3 is 3.10 bits per heavy atom. The second-order valence-corrected chi connectivity index (χ2v) is 6.65. The molecule has 5 nitrogen and oxygen atoms in total. The van der Waals surface area contributed by atoms with Gasteiger partial charge in [0.25, 0.3) is 0 Å². The van der Waals surface area contributed by atoms with Gasteiger partial charge in [0.15, 0.2) is 5.12 Å². The van der Waals surface area contributed by atoms with Crippen molar-refractivity contribution in [2.75, 3.05) is 5.32 Å². The zero-order valence-electron chi connectivity index (χ0n) is 10.7. The fourth-order valence-corrected chi connectivity index (χ4v) is 3.68. The van der Waals surface area contributed by atoms with Gasteiger partial charge in [-0.15, -0.1) is 0 Å². The summed E-state index contributed by atoms with van der Waals surface area (Å²) in [4.78, 5) is 24.1. The Labute approximate surface area is 132 Å². The fourth-order valence-electron chi connectivity index (χ4n) is 2.33. The molecule has 0 atom stereocenters. The first kappa shape index (κ1) is 12.8. The Hall–Kier alpha value is -1.86. The van der Waals surface area contributed by atoms with Crippen molar-refractivity contribution in [3.8, 4) is 0 Å². The fraction of sp³-hybridized carbons (Fsp3) is 0.0714. The smallest absolute Gasteiger partial charge is 0.198 e. The molecule has 0 saturated carbocycles. The minimum atomic E-state index is 0.196. The predicted octanol–water partition coefficient (Wildman–Crippen LogP) is 3.64. The van der Waals surface area contributed by atoms with Gasteiger partial charge in [0.2, 0.25) is 0 Å². The quantitative estimate of drug-likeness (QED) is 0.729. The van der Waals surface area contributed by atoms with Crippen LogP contribution in [0.1, 0.15) is 5.56 Å². The standard InChI is InChI=1S/C14H9BrN4OS/c15-11-5-9-13(16-6-17-14(9)19-11)18-8-2-1-7-3-12(20)21-10(7)4-8/h1-2,4-6H,3H2,(H2,16,17,18,19). The van der Waals surface area contributed by atoms with E-state index in [-0.39, 0.29) is 5.12 Å². The second kappa shape index (κ2) is 4.85. The van der Waals surface area contributed by atoms with Crippen LogP contribution < -0.4 is 5.32 Å². The topological polar surface area (TPSA) is 70.7 Å². The Kier molecular flexibility index (Phi) is 2.97. The second-order valence-electron chi connectivity index (χ2n) is 4.70. The molecule has 21 heavy (non-hydrogen) atoms. The van der Waals surface area contributed by atoms with Crippen LogP contribution in [0, 0.1) is 0 Å². The van der Waals surface area contributed by atoms with Crippen molar-refractivity contribution in [3.05, 3.63) is 40.8 Å². The molecule has 4 rings (SSSR count). The van der Waals surface area contributed by atoms with Crippen molar-refractivity contribution in [2.24, 2.45) is 0 Å². The van der Waals surface area contributed by atoms with Gasteiger partial charge in [0.1, 0.15) is 17.8 Å². The van der Waals surface area contributed by atoms with Crippen LogP contribution in [0.3, 0.4) is 0 Å². The molecule has 1 aromatic carbocycles. The van der Waals surface area contributed by atoms with Gasteiger partial charge in [0, 0.05) is 17.0 Å². The molecule has 7 heteroatoms. The molecule has 2 aromatic heterocycles. The molecule has 3 aromatic rings. The first-order valence-corrected chi connectivity index (χ1v) is 7.90. The summed E-state index contributed by atoms with van der Waals surface area (Å²) in [5.74, 6) is 0.733. The molecule has 0 spiro atoms. The maximum absolute atomic E-state index is 11.5. The van der Waals surface area contributed by atoms with Gasteiger partial charge >= 0.3 is 0 Å². The summed E-state index contributed by atoms with van der Waals surface area (Å²) in [5, 5.41) is 4.39. The van der Waals surface area contributed by atoms with E-state index in [4.69, 9.17) is 0 Å². The van der Waals surface area contributed by atoms with Gasteiger partial charge in [0.05, 0.1) is 9.99 Å². The Morgan fingerprint density at radius 1 is 1.29 bits per heavy atom. The third kappa shape index (κ3) is 2.32. The third-order valence-corrected chi connectivity index (χ3v) is 4.68. The van der Waals surface area contributed by atoms with Crippen LogP contribution in [0.25, 0.3) is 11.0 Å². The van der Waals surface area contributed by atoms with Crippen LogP contribution >= 0.6 is 27.7 Å². The average Bonchev–Trinajstić information content (AvgIpc) is 2.99. The molecule has 0 bridgehead atoms. The summed E-state index contributed by atoms with van der Waals surface area (Å²) in [7, 11) is 0. The molecule has 3 heterocycles. The molecule has 0 aliphatic carbocycles. The van der Waals surface area contributed by atoms with Gasteiger partial charge in [-0.05, 0) is 39.7 Å². The number of halogens is 1. The van der Waals surface area contributed by atoms with Crippen molar-refractivity contribution < 1.29 is 4.79 Å². The molecule has 0 radical (unpaired) electrons. The number of anilines is 2. The number of benzene rings is 1. The van der Waals surface area contributed by atoms with E-state index >= 15 is 0 Å². The van der Waals surface area contributed by atoms with Crippen molar-refractivity contribution >= 4 is 55.3 Å². The number of thioether (sulfide) groups is 1. The summed E-state index contributed by atoms with van der Waals surface area (Å²) >= 11 is 4.70. The summed E-state index contributed by atoms with van der Waals surface area (Å²) in [6.07, 6.45) is 2.03. The van der Waals surface area contributed by atoms with Crippen LogP contribution in [0.4, 0.5) is 11.5 Å². The van der Waals surface area contributed by atoms with E-state index in [2.05, 4.69) is 36.2 Å². The summed E-state index contributed by atoms with van der Waals surface area (Å²) in [6.45, 7) is 0. The first-order chi connectivity index (χ1) is 10.2. The van der Waals surface area contributed by atoms with Gasteiger partial charge in [-0.2, -0.15) is 0 Å². The number of fused-ring (bicyclic) bond motifs is 2. The SMILES string of the molecule is O=C1Cc2ccc(Nc3ncnc4[nH]c(Br)cc34)cc2S1. The number of hydrogen-bond acceptors (Lipinski definition) is 5. The van der Waals surface area contributed by atoms with Gasteiger partial charge in [-0.3, -0.25) is 4.79 Å². The highest BCUT2D eigenvalue weighted by atomic mass is 79.9. The van der Waals surface area contributed by atoms with E-state index in [1.54, 1.807) is 0 Å². The van der Waals surface area contributed by atoms with Gasteiger partial charge in [-0.1, -0.05) is 17.8 Å². The molecule has 0 amide bonds. The van der Waals surface area contributed by atoms with Crippen LogP contribution in [0.2, 0.25) is 0 Å². The van der Waals surface area contributed by atoms with Crippen LogP contribution in [-0.4, -0.2) is 20.1 Å². The lowest BCUT2D eigenvalue weighted by Gasteiger charge is -2.07. The van der Waals surface area contributed by atoms with Crippen molar-refractivity contribution in [3.63, 3.8) is 0 Å². The van der Waals surface area contributed by atoms with E-state index in [0.29, 0.717) is 6.42 Å². The van der Waals surface area contributed by atoms with Crippen molar-refractivity contribution in [1.29, 1.82) is 0 Å². The maximum atomic E-state index is 11.5. The average molecular weight is 361 g/mol. The highest BCUT2D eigenvalue weighted by molar-refractivity contribution is 9.10. The molecule has 0 saturated heterocycles. The van der Waals surface area contributed by atoms with Crippen molar-refractivity contribution in [1.82, 2.24) is 15.0 Å². The Morgan fingerprint density at radius 2 is 2.19 bits per heavy atom. The Bertz CT molecular complexity index is 877. The highest BCUT2D eigenvalue weighted by Gasteiger charge is 2.19. The molecule has 0 fully saturated rings. The third-order valence-electron chi connectivity index (χ3n) is 3.28. The number of aromatic amines is 1. The van der Waals surface area contributed by atoms with Crippen LogP contribution in [0.15, 0.2) is 40.1 Å². The number of rotatable bonds is 2. The van der Waals surface area contributed by atoms with E-state index in [1.807, 2.05) is 24.3 Å². The van der Waals surface area contributed by atoms with E-state index < -0.39 is 0 Å². The van der Waals surface area contributed by atoms with Crippen molar-refractivity contribution in [2.45, 2.75) is 11.3 Å². The number of H-pyrrole nitrogens is 1. The first-order valence-electron chi connectivity index (χ1n) is 6.29. The molecular weight excluding hydrogens is 352 g/mol. The monoisotopic (exact) mass is 360 g/mol. The molecule has 1 aliphatic rings.